The first-order valence-corrected chi connectivity index (χ1v) is 6.23. The van der Waals surface area contributed by atoms with Gasteiger partial charge >= 0.3 is 0 Å². The third-order valence-electron chi connectivity index (χ3n) is 2.67. The Balaban J connectivity index is 2.15. The van der Waals surface area contributed by atoms with Gasteiger partial charge in [0.25, 0.3) is 0 Å². The van der Waals surface area contributed by atoms with Crippen molar-refractivity contribution in [3.05, 3.63) is 0 Å². The fourth-order valence-electron chi connectivity index (χ4n) is 1.45. The van der Waals surface area contributed by atoms with Crippen molar-refractivity contribution >= 4 is 11.8 Å². The summed E-state index contributed by atoms with van der Waals surface area (Å²) in [5, 5.41) is 9.59. The third-order valence-corrected chi connectivity index (χ3v) is 4.16. The normalized spacial score (nSPS) is 31.7. The molecular formula is C10H21NO2S. The van der Waals surface area contributed by atoms with Crippen LogP contribution >= 0.6 is 11.8 Å². The molecule has 0 bridgehead atoms. The molecule has 1 fully saturated rings. The first-order chi connectivity index (χ1) is 6.55. The molecule has 1 aliphatic heterocycles. The second-order valence-electron chi connectivity index (χ2n) is 4.34. The molecule has 0 amide bonds. The maximum absolute atomic E-state index is 8.98. The van der Waals surface area contributed by atoms with Crippen molar-refractivity contribution in [2.45, 2.75) is 43.6 Å². The highest BCUT2D eigenvalue weighted by Gasteiger charge is 2.25. The van der Waals surface area contributed by atoms with Crippen LogP contribution in [0.25, 0.3) is 0 Å². The van der Waals surface area contributed by atoms with Crippen molar-refractivity contribution in [2.75, 3.05) is 19.0 Å². The number of ether oxygens (including phenoxy) is 1. The van der Waals surface area contributed by atoms with Crippen molar-refractivity contribution in [1.82, 2.24) is 0 Å². The molecule has 0 radical (unpaired) electrons. The monoisotopic (exact) mass is 219 g/mol. The van der Waals surface area contributed by atoms with Crippen LogP contribution in [-0.2, 0) is 4.74 Å². The van der Waals surface area contributed by atoms with Gasteiger partial charge in [-0.15, -0.1) is 0 Å². The molecule has 0 spiro atoms. The van der Waals surface area contributed by atoms with Crippen molar-refractivity contribution in [3.8, 4) is 0 Å². The van der Waals surface area contributed by atoms with E-state index in [0.717, 1.165) is 25.2 Å². The highest BCUT2D eigenvalue weighted by molar-refractivity contribution is 7.99. The van der Waals surface area contributed by atoms with Crippen LogP contribution in [0.15, 0.2) is 0 Å². The van der Waals surface area contributed by atoms with Crippen LogP contribution in [-0.4, -0.2) is 41.0 Å². The van der Waals surface area contributed by atoms with E-state index in [9.17, 15) is 0 Å². The predicted octanol–water partition coefficient (Wildman–Crippen LogP) is 0.997. The van der Waals surface area contributed by atoms with Gasteiger partial charge in [0.15, 0.2) is 0 Å². The number of thioether (sulfide) groups is 1. The number of rotatable bonds is 5. The smallest absolute Gasteiger partial charge is 0.0666 e. The summed E-state index contributed by atoms with van der Waals surface area (Å²) < 4.78 is 5.47. The lowest BCUT2D eigenvalue weighted by Crippen LogP contribution is -2.40. The van der Waals surface area contributed by atoms with Gasteiger partial charge in [-0.1, -0.05) is 0 Å². The lowest BCUT2D eigenvalue weighted by Gasteiger charge is -2.22. The minimum Gasteiger partial charge on any atom is -0.394 e. The summed E-state index contributed by atoms with van der Waals surface area (Å²) in [5.41, 5.74) is 5.42. The summed E-state index contributed by atoms with van der Waals surface area (Å²) >= 11 is 1.92. The van der Waals surface area contributed by atoms with Crippen molar-refractivity contribution in [1.29, 1.82) is 0 Å². The molecule has 3 nitrogen and oxygen atoms in total. The molecule has 0 aromatic heterocycles. The SMILES string of the molecule is CC1OCCC1SCCC(C)(N)CO. The van der Waals surface area contributed by atoms with Gasteiger partial charge in [0.2, 0.25) is 0 Å². The first-order valence-electron chi connectivity index (χ1n) is 5.18. The Morgan fingerprint density at radius 1 is 1.64 bits per heavy atom. The van der Waals surface area contributed by atoms with Crippen LogP contribution in [0.2, 0.25) is 0 Å². The molecule has 4 heteroatoms. The fraction of sp³-hybridized carbons (Fsp3) is 1.00. The van der Waals surface area contributed by atoms with Gasteiger partial charge in [-0.2, -0.15) is 11.8 Å². The van der Waals surface area contributed by atoms with Gasteiger partial charge in [0.1, 0.15) is 0 Å². The van der Waals surface area contributed by atoms with E-state index in [-0.39, 0.29) is 6.61 Å². The van der Waals surface area contributed by atoms with Crippen molar-refractivity contribution < 1.29 is 9.84 Å². The zero-order chi connectivity index (χ0) is 10.6. The van der Waals surface area contributed by atoms with Crippen LogP contribution < -0.4 is 5.73 Å². The van der Waals surface area contributed by atoms with Gasteiger partial charge in [-0.05, 0) is 32.4 Å². The lowest BCUT2D eigenvalue weighted by atomic mass is 10.0. The van der Waals surface area contributed by atoms with Gasteiger partial charge < -0.3 is 15.6 Å². The minimum atomic E-state index is -0.421. The Kier molecular flexibility index (Phi) is 4.70. The largest absolute Gasteiger partial charge is 0.394 e. The lowest BCUT2D eigenvalue weighted by molar-refractivity contribution is 0.127. The van der Waals surface area contributed by atoms with E-state index in [0.29, 0.717) is 11.4 Å². The zero-order valence-electron chi connectivity index (χ0n) is 9.03. The molecule has 0 aromatic rings. The van der Waals surface area contributed by atoms with Crippen LogP contribution in [0.4, 0.5) is 0 Å². The highest BCUT2D eigenvalue weighted by Crippen LogP contribution is 2.27. The maximum atomic E-state index is 8.98. The molecule has 1 heterocycles. The van der Waals surface area contributed by atoms with E-state index in [1.165, 1.54) is 0 Å². The standard InChI is InChI=1S/C10H21NO2S/c1-8-9(3-5-13-8)14-6-4-10(2,11)7-12/h8-9,12H,3-7,11H2,1-2H3. The summed E-state index contributed by atoms with van der Waals surface area (Å²) in [6.07, 6.45) is 2.38. The Bertz CT molecular complexity index is 176. The molecule has 0 aromatic carbocycles. The molecular weight excluding hydrogens is 198 g/mol. The summed E-state index contributed by atoms with van der Waals surface area (Å²) in [6.45, 7) is 4.96. The second kappa shape index (κ2) is 5.35. The zero-order valence-corrected chi connectivity index (χ0v) is 9.85. The summed E-state index contributed by atoms with van der Waals surface area (Å²) in [4.78, 5) is 0. The maximum Gasteiger partial charge on any atom is 0.0666 e. The van der Waals surface area contributed by atoms with E-state index in [2.05, 4.69) is 6.92 Å². The molecule has 3 atom stereocenters. The van der Waals surface area contributed by atoms with Crippen LogP contribution in [0.5, 0.6) is 0 Å². The Labute approximate surface area is 90.4 Å². The second-order valence-corrected chi connectivity index (χ2v) is 5.68. The van der Waals surface area contributed by atoms with Crippen molar-refractivity contribution in [2.24, 2.45) is 5.73 Å². The molecule has 3 N–H and O–H groups in total. The van der Waals surface area contributed by atoms with E-state index < -0.39 is 5.54 Å². The van der Waals surface area contributed by atoms with Crippen LogP contribution in [0.1, 0.15) is 26.7 Å². The molecule has 14 heavy (non-hydrogen) atoms. The summed E-state index contributed by atoms with van der Waals surface area (Å²) in [6, 6.07) is 0. The third kappa shape index (κ3) is 3.77. The topological polar surface area (TPSA) is 55.5 Å². The fourth-order valence-corrected chi connectivity index (χ4v) is 2.95. The molecule has 1 rings (SSSR count). The molecule has 3 unspecified atom stereocenters. The summed E-state index contributed by atoms with van der Waals surface area (Å²) in [7, 11) is 0. The number of nitrogens with two attached hydrogens (primary N) is 1. The average Bonchev–Trinajstić information content (AvgIpc) is 2.52. The van der Waals surface area contributed by atoms with E-state index in [1.54, 1.807) is 0 Å². The predicted molar refractivity (Wildman–Crippen MR) is 60.6 cm³/mol. The van der Waals surface area contributed by atoms with E-state index >= 15 is 0 Å². The first kappa shape index (κ1) is 12.3. The minimum absolute atomic E-state index is 0.0598. The summed E-state index contributed by atoms with van der Waals surface area (Å²) in [5.74, 6) is 1.01. The molecule has 0 saturated carbocycles. The molecule has 84 valence electrons. The Hall–Kier alpha value is 0.230. The van der Waals surface area contributed by atoms with Gasteiger partial charge in [-0.3, -0.25) is 0 Å². The number of aliphatic hydroxyl groups is 1. The van der Waals surface area contributed by atoms with Crippen molar-refractivity contribution in [3.63, 3.8) is 0 Å². The molecule has 1 saturated heterocycles. The van der Waals surface area contributed by atoms with Gasteiger partial charge in [-0.25, -0.2) is 0 Å². The number of hydrogen-bond donors (Lipinski definition) is 2. The van der Waals surface area contributed by atoms with E-state index in [1.807, 2.05) is 18.7 Å². The van der Waals surface area contributed by atoms with Gasteiger partial charge in [0.05, 0.1) is 12.7 Å². The average molecular weight is 219 g/mol. The molecule has 0 aliphatic carbocycles. The Morgan fingerprint density at radius 2 is 2.36 bits per heavy atom. The number of hydrogen-bond acceptors (Lipinski definition) is 4. The molecule has 1 aliphatic rings. The van der Waals surface area contributed by atoms with E-state index in [4.69, 9.17) is 15.6 Å². The quantitative estimate of drug-likeness (QED) is 0.724. The number of aliphatic hydroxyl groups excluding tert-OH is 1. The Morgan fingerprint density at radius 3 is 2.86 bits per heavy atom. The highest BCUT2D eigenvalue weighted by atomic mass is 32.2. The van der Waals surface area contributed by atoms with Gasteiger partial charge in [0, 0.05) is 17.4 Å². The van der Waals surface area contributed by atoms with Crippen LogP contribution in [0, 0.1) is 0 Å². The van der Waals surface area contributed by atoms with Crippen LogP contribution in [0.3, 0.4) is 0 Å².